The molecule has 9 nitrogen and oxygen atoms in total. The number of ether oxygens (including phenoxy) is 1. The molecule has 3 rings (SSSR count). The minimum Gasteiger partial charge on any atom is -0.457 e. The number of furan rings is 1. The molecule has 1 aliphatic rings. The van der Waals surface area contributed by atoms with Gasteiger partial charge in [-0.15, -0.1) is 0 Å². The van der Waals surface area contributed by atoms with Gasteiger partial charge in [0.25, 0.3) is 5.91 Å². The van der Waals surface area contributed by atoms with Crippen molar-refractivity contribution in [2.24, 2.45) is 5.92 Å². The second-order valence-electron chi connectivity index (χ2n) is 8.42. The lowest BCUT2D eigenvalue weighted by molar-refractivity contribution is -0.137. The quantitative estimate of drug-likeness (QED) is 0.482. The highest BCUT2D eigenvalue weighted by Crippen LogP contribution is 2.22. The minimum atomic E-state index is -3.72. The van der Waals surface area contributed by atoms with Gasteiger partial charge in [0, 0.05) is 18.2 Å². The molecule has 33 heavy (non-hydrogen) atoms. The summed E-state index contributed by atoms with van der Waals surface area (Å²) < 4.78 is 59.2. The molecule has 1 saturated heterocycles. The number of carbonyl (C=O) groups excluding carboxylic acids is 2. The number of hydrogen-bond acceptors (Lipinski definition) is 8. The van der Waals surface area contributed by atoms with E-state index in [2.05, 4.69) is 0 Å². The van der Waals surface area contributed by atoms with Gasteiger partial charge in [-0.25, -0.2) is 21.6 Å². The van der Waals surface area contributed by atoms with E-state index >= 15 is 0 Å². The molecule has 1 atom stereocenters. The van der Waals surface area contributed by atoms with E-state index < -0.39 is 50.0 Å². The molecule has 11 heteroatoms. The molecule has 0 spiro atoms. The molecule has 1 aliphatic heterocycles. The van der Waals surface area contributed by atoms with Crippen LogP contribution >= 0.6 is 0 Å². The molecule has 1 aromatic carbocycles. The third-order valence-electron chi connectivity index (χ3n) is 5.24. The van der Waals surface area contributed by atoms with Crippen molar-refractivity contribution in [2.75, 3.05) is 24.7 Å². The number of carbonyl (C=O) groups is 2. The van der Waals surface area contributed by atoms with Crippen LogP contribution in [0.2, 0.25) is 0 Å². The highest BCUT2D eigenvalue weighted by molar-refractivity contribution is 7.91. The van der Waals surface area contributed by atoms with Crippen LogP contribution in [-0.4, -0.2) is 64.3 Å². The predicted molar refractivity (Wildman–Crippen MR) is 120 cm³/mol. The van der Waals surface area contributed by atoms with E-state index in [0.717, 1.165) is 0 Å². The summed E-state index contributed by atoms with van der Waals surface area (Å²) in [6.07, 6.45) is 1.52. The van der Waals surface area contributed by atoms with E-state index in [-0.39, 0.29) is 33.6 Å². The van der Waals surface area contributed by atoms with Crippen LogP contribution in [0.15, 0.2) is 52.0 Å². The first-order chi connectivity index (χ1) is 15.5. The molecule has 0 saturated carbocycles. The lowest BCUT2D eigenvalue weighted by Crippen LogP contribution is -2.45. The summed E-state index contributed by atoms with van der Waals surface area (Å²) in [6, 6.07) is 8.72. The molecule has 1 fully saturated rings. The Balaban J connectivity index is 1.67. The summed E-state index contributed by atoms with van der Waals surface area (Å²) >= 11 is 0. The Morgan fingerprint density at radius 1 is 1.18 bits per heavy atom. The first-order valence-electron chi connectivity index (χ1n) is 10.5. The van der Waals surface area contributed by atoms with Gasteiger partial charge < -0.3 is 14.1 Å². The van der Waals surface area contributed by atoms with E-state index in [4.69, 9.17) is 9.15 Å². The van der Waals surface area contributed by atoms with E-state index in [1.807, 2.05) is 13.8 Å². The van der Waals surface area contributed by atoms with Gasteiger partial charge in [0.05, 0.1) is 28.4 Å². The minimum absolute atomic E-state index is 0.0188. The second-order valence-corrected chi connectivity index (χ2v) is 12.6. The molecule has 0 N–H and O–H groups in total. The molecule has 0 radical (unpaired) electrons. The number of amides is 1. The molecule has 1 aromatic heterocycles. The van der Waals surface area contributed by atoms with Crippen LogP contribution in [0.25, 0.3) is 0 Å². The maximum atomic E-state index is 12.8. The van der Waals surface area contributed by atoms with Crippen LogP contribution in [0.1, 0.15) is 36.4 Å². The van der Waals surface area contributed by atoms with Gasteiger partial charge in [0.1, 0.15) is 0 Å². The lowest BCUT2D eigenvalue weighted by atomic mass is 10.1. The summed E-state index contributed by atoms with van der Waals surface area (Å²) in [5.74, 6) is -2.23. The number of sulfone groups is 2. The fourth-order valence-electron chi connectivity index (χ4n) is 3.69. The van der Waals surface area contributed by atoms with Crippen molar-refractivity contribution >= 4 is 31.6 Å². The standard InChI is InChI=1S/C22H27NO8S2/c1-16(2)12-23(18-9-11-32(26,27)15-18)20(24)13-31-22(25)21-17(8-10-30-21)14-33(28,29)19-6-4-3-5-7-19/h3-8,10,16,18H,9,11-15H2,1-2H3. The number of rotatable bonds is 9. The zero-order valence-electron chi connectivity index (χ0n) is 18.5. The van der Waals surface area contributed by atoms with Crippen LogP contribution in [-0.2, 0) is 35.0 Å². The van der Waals surface area contributed by atoms with Crippen molar-refractivity contribution < 1.29 is 35.6 Å². The topological polar surface area (TPSA) is 128 Å². The fourth-order valence-corrected chi connectivity index (χ4v) is 6.80. The molecular weight excluding hydrogens is 470 g/mol. The maximum Gasteiger partial charge on any atom is 0.375 e. The Morgan fingerprint density at radius 3 is 2.48 bits per heavy atom. The summed E-state index contributed by atoms with van der Waals surface area (Å²) in [5.41, 5.74) is 0.122. The predicted octanol–water partition coefficient (Wildman–Crippen LogP) is 2.08. The van der Waals surface area contributed by atoms with E-state index in [1.54, 1.807) is 18.2 Å². The molecule has 1 amide bonds. The summed E-state index contributed by atoms with van der Waals surface area (Å²) in [4.78, 5) is 26.9. The van der Waals surface area contributed by atoms with Gasteiger partial charge in [0.2, 0.25) is 5.76 Å². The number of esters is 1. The Morgan fingerprint density at radius 2 is 1.88 bits per heavy atom. The van der Waals surface area contributed by atoms with Crippen molar-refractivity contribution in [2.45, 2.75) is 37.0 Å². The summed E-state index contributed by atoms with van der Waals surface area (Å²) in [7, 11) is -6.92. The van der Waals surface area contributed by atoms with Crippen molar-refractivity contribution in [1.82, 2.24) is 4.90 Å². The van der Waals surface area contributed by atoms with Crippen LogP contribution in [0, 0.1) is 5.92 Å². The van der Waals surface area contributed by atoms with Crippen LogP contribution < -0.4 is 0 Å². The van der Waals surface area contributed by atoms with E-state index in [9.17, 15) is 26.4 Å². The van der Waals surface area contributed by atoms with Crippen LogP contribution in [0.4, 0.5) is 0 Å². The first kappa shape index (κ1) is 25.0. The zero-order chi connectivity index (χ0) is 24.2. The molecule has 0 bridgehead atoms. The molecule has 1 unspecified atom stereocenters. The Labute approximate surface area is 193 Å². The number of nitrogens with zero attached hydrogens (tertiary/aromatic N) is 1. The van der Waals surface area contributed by atoms with Gasteiger partial charge in [-0.3, -0.25) is 4.79 Å². The smallest absolute Gasteiger partial charge is 0.375 e. The first-order valence-corrected chi connectivity index (χ1v) is 14.0. The zero-order valence-corrected chi connectivity index (χ0v) is 20.1. The highest BCUT2D eigenvalue weighted by Gasteiger charge is 2.35. The van der Waals surface area contributed by atoms with E-state index in [1.165, 1.54) is 29.4 Å². The molecule has 180 valence electrons. The summed E-state index contributed by atoms with van der Waals surface area (Å²) in [6.45, 7) is 3.53. The monoisotopic (exact) mass is 497 g/mol. The normalized spacial score (nSPS) is 17.7. The Bertz CT molecular complexity index is 1200. The Kier molecular flexibility index (Phi) is 7.63. The largest absolute Gasteiger partial charge is 0.457 e. The number of benzene rings is 1. The van der Waals surface area contributed by atoms with Gasteiger partial charge in [-0.1, -0.05) is 32.0 Å². The Hall–Kier alpha value is -2.66. The molecular formula is C22H27NO8S2. The lowest BCUT2D eigenvalue weighted by Gasteiger charge is -2.29. The van der Waals surface area contributed by atoms with Gasteiger partial charge >= 0.3 is 5.97 Å². The van der Waals surface area contributed by atoms with Crippen molar-refractivity contribution in [1.29, 1.82) is 0 Å². The van der Waals surface area contributed by atoms with Crippen molar-refractivity contribution in [3.8, 4) is 0 Å². The third kappa shape index (κ3) is 6.44. The van der Waals surface area contributed by atoms with Crippen LogP contribution in [0.3, 0.4) is 0 Å². The fraction of sp³-hybridized carbons (Fsp3) is 0.455. The SMILES string of the molecule is CC(C)CN(C(=O)COC(=O)c1occc1CS(=O)(=O)c1ccccc1)C1CCS(=O)(=O)C1. The van der Waals surface area contributed by atoms with E-state index in [0.29, 0.717) is 13.0 Å². The molecule has 2 aromatic rings. The highest BCUT2D eigenvalue weighted by atomic mass is 32.2. The van der Waals surface area contributed by atoms with Gasteiger partial charge in [-0.05, 0) is 30.5 Å². The summed E-state index contributed by atoms with van der Waals surface area (Å²) in [5, 5.41) is 0. The molecule has 0 aliphatic carbocycles. The van der Waals surface area contributed by atoms with Gasteiger partial charge in [-0.2, -0.15) is 0 Å². The maximum absolute atomic E-state index is 12.8. The van der Waals surface area contributed by atoms with Crippen LogP contribution in [0.5, 0.6) is 0 Å². The third-order valence-corrected chi connectivity index (χ3v) is 8.67. The average molecular weight is 498 g/mol. The van der Waals surface area contributed by atoms with Crippen molar-refractivity contribution in [3.05, 3.63) is 54.0 Å². The average Bonchev–Trinajstić information content (AvgIpc) is 3.36. The number of hydrogen-bond donors (Lipinski definition) is 0. The second kappa shape index (κ2) is 10.1. The molecule has 2 heterocycles. The van der Waals surface area contributed by atoms with Gasteiger partial charge in [0.15, 0.2) is 26.3 Å². The van der Waals surface area contributed by atoms with Crippen molar-refractivity contribution in [3.63, 3.8) is 0 Å².